The maximum Gasteiger partial charge on any atom is 0.407 e. The largest absolute Gasteiger partial charge is 0.450 e. The van der Waals surface area contributed by atoms with Gasteiger partial charge in [-0.15, -0.1) is 0 Å². The van der Waals surface area contributed by atoms with E-state index in [1.807, 2.05) is 32.9 Å². The van der Waals surface area contributed by atoms with Crippen LogP contribution in [0.1, 0.15) is 147 Å². The van der Waals surface area contributed by atoms with E-state index in [0.717, 1.165) is 56.9 Å². The van der Waals surface area contributed by atoms with E-state index < -0.39 is 10.8 Å². The molecule has 1 saturated carbocycles. The molecule has 45 heavy (non-hydrogen) atoms. The number of hydrogen-bond acceptors (Lipinski definition) is 5. The zero-order chi connectivity index (χ0) is 34.5. The summed E-state index contributed by atoms with van der Waals surface area (Å²) < 4.78 is 5.43. The summed E-state index contributed by atoms with van der Waals surface area (Å²) in [5.74, 6) is -0.0684. The molecule has 0 aliphatic heterocycles. The van der Waals surface area contributed by atoms with E-state index in [0.29, 0.717) is 13.2 Å². The SMILES string of the molecule is CCCC(C)(C)CC[C@](C)(CCCOC(=O)NCC)CCC(C)(C)[C@]1(C)CC[C@H]2C(C)(C)C(=O)C(C#N)=C[C@]2(C)/C1=C/C(C)=O. The van der Waals surface area contributed by atoms with Gasteiger partial charge in [0.25, 0.3) is 0 Å². The molecule has 0 aromatic heterocycles. The number of alkyl carbamates (subject to hydrolysis) is 1. The van der Waals surface area contributed by atoms with Crippen molar-refractivity contribution in [3.63, 3.8) is 0 Å². The number of fused-ring (bicyclic) bond motifs is 1. The summed E-state index contributed by atoms with van der Waals surface area (Å²) in [7, 11) is 0. The van der Waals surface area contributed by atoms with Crippen molar-refractivity contribution in [2.45, 2.75) is 147 Å². The van der Waals surface area contributed by atoms with Crippen LogP contribution in [0, 0.1) is 49.7 Å². The second kappa shape index (κ2) is 14.6. The Morgan fingerprint density at radius 3 is 2.20 bits per heavy atom. The molecule has 0 bridgehead atoms. The van der Waals surface area contributed by atoms with E-state index in [1.165, 1.54) is 12.8 Å². The number of hydrogen-bond donors (Lipinski definition) is 1. The van der Waals surface area contributed by atoms with Crippen molar-refractivity contribution in [1.29, 1.82) is 5.26 Å². The number of nitrogens with zero attached hydrogens (tertiary/aromatic N) is 1. The van der Waals surface area contributed by atoms with E-state index >= 15 is 0 Å². The van der Waals surface area contributed by atoms with Crippen LogP contribution in [0.25, 0.3) is 0 Å². The van der Waals surface area contributed by atoms with Gasteiger partial charge in [-0.3, -0.25) is 9.59 Å². The van der Waals surface area contributed by atoms with Crippen molar-refractivity contribution in [2.24, 2.45) is 38.4 Å². The molecule has 0 spiro atoms. The van der Waals surface area contributed by atoms with Gasteiger partial charge in [-0.05, 0) is 105 Å². The summed E-state index contributed by atoms with van der Waals surface area (Å²) in [6, 6.07) is 2.19. The number of amides is 1. The van der Waals surface area contributed by atoms with Crippen molar-refractivity contribution in [3.05, 3.63) is 23.3 Å². The zero-order valence-corrected chi connectivity index (χ0v) is 30.8. The summed E-state index contributed by atoms with van der Waals surface area (Å²) in [4.78, 5) is 38.0. The van der Waals surface area contributed by atoms with Gasteiger partial charge in [0, 0.05) is 17.4 Å². The van der Waals surface area contributed by atoms with Crippen LogP contribution < -0.4 is 5.32 Å². The first-order chi connectivity index (χ1) is 20.6. The van der Waals surface area contributed by atoms with E-state index in [9.17, 15) is 19.6 Å². The molecule has 0 radical (unpaired) electrons. The first-order valence-electron chi connectivity index (χ1n) is 17.5. The van der Waals surface area contributed by atoms with Crippen molar-refractivity contribution >= 4 is 17.7 Å². The molecule has 0 aromatic rings. The Bertz CT molecular complexity index is 1200. The molecule has 4 atom stereocenters. The molecule has 2 aliphatic carbocycles. The van der Waals surface area contributed by atoms with Crippen LogP contribution in [0.4, 0.5) is 4.79 Å². The monoisotopic (exact) mass is 624 g/mol. The van der Waals surface area contributed by atoms with Crippen LogP contribution in [-0.2, 0) is 14.3 Å². The molecule has 0 aromatic carbocycles. The maximum atomic E-state index is 13.3. The zero-order valence-electron chi connectivity index (χ0n) is 30.8. The minimum Gasteiger partial charge on any atom is -0.450 e. The fourth-order valence-electron chi connectivity index (χ4n) is 8.68. The van der Waals surface area contributed by atoms with E-state index in [4.69, 9.17) is 4.74 Å². The number of rotatable bonds is 15. The molecule has 2 rings (SSSR count). The van der Waals surface area contributed by atoms with Crippen molar-refractivity contribution in [3.8, 4) is 6.07 Å². The van der Waals surface area contributed by atoms with Crippen LogP contribution >= 0.6 is 0 Å². The van der Waals surface area contributed by atoms with Gasteiger partial charge >= 0.3 is 6.09 Å². The summed E-state index contributed by atoms with van der Waals surface area (Å²) >= 11 is 0. The third-order valence-electron chi connectivity index (χ3n) is 12.1. The summed E-state index contributed by atoms with van der Waals surface area (Å²) in [6.07, 6.45) is 13.5. The molecule has 0 saturated heterocycles. The third kappa shape index (κ3) is 8.69. The van der Waals surface area contributed by atoms with Gasteiger partial charge < -0.3 is 10.1 Å². The van der Waals surface area contributed by atoms with Gasteiger partial charge in [-0.2, -0.15) is 5.26 Å². The van der Waals surface area contributed by atoms with Crippen LogP contribution in [-0.4, -0.2) is 30.8 Å². The van der Waals surface area contributed by atoms with Crippen molar-refractivity contribution in [2.75, 3.05) is 13.2 Å². The Labute approximate surface area is 275 Å². The fourth-order valence-corrected chi connectivity index (χ4v) is 8.68. The lowest BCUT2D eigenvalue weighted by atomic mass is 9.42. The first kappa shape index (κ1) is 38.8. The highest BCUT2D eigenvalue weighted by Crippen LogP contribution is 2.67. The van der Waals surface area contributed by atoms with Crippen molar-refractivity contribution < 1.29 is 19.1 Å². The number of allylic oxidation sites excluding steroid dienone is 4. The van der Waals surface area contributed by atoms with Crippen molar-refractivity contribution in [1.82, 2.24) is 5.32 Å². The fraction of sp³-hybridized carbons (Fsp3) is 0.795. The van der Waals surface area contributed by atoms with Gasteiger partial charge in [0.1, 0.15) is 6.07 Å². The molecule has 0 heterocycles. The number of ether oxygens (including phenoxy) is 1. The molecule has 0 unspecified atom stereocenters. The highest BCUT2D eigenvalue weighted by molar-refractivity contribution is 6.04. The van der Waals surface area contributed by atoms with Gasteiger partial charge in [-0.25, -0.2) is 4.79 Å². The Morgan fingerprint density at radius 2 is 1.64 bits per heavy atom. The number of ketones is 2. The molecule has 254 valence electrons. The summed E-state index contributed by atoms with van der Waals surface area (Å²) in [6.45, 7) is 27.0. The standard InChI is InChI=1S/C39H64N2O4/c1-13-17-34(4,5)20-22-37(10,18-15-24-45-33(44)41-14-2)23-21-35(6,7)39(12)19-16-30-36(8,9)32(43)29(27-40)26-38(30,11)31(39)25-28(3)42/h25-26,30H,13-24H2,1-12H3,(H,41,44)/b31-25-/t30-,37-,38-,39+/m0/s1. The topological polar surface area (TPSA) is 96.3 Å². The average Bonchev–Trinajstić information content (AvgIpc) is 2.93. The maximum absolute atomic E-state index is 13.3. The number of nitriles is 1. The Kier molecular flexibility index (Phi) is 12.5. The second-order valence-corrected chi connectivity index (χ2v) is 17.0. The Hall–Kier alpha value is -2.42. The first-order valence-corrected chi connectivity index (χ1v) is 17.5. The van der Waals surface area contributed by atoms with Gasteiger partial charge in [0.15, 0.2) is 11.6 Å². The average molecular weight is 625 g/mol. The van der Waals surface area contributed by atoms with Gasteiger partial charge in [-0.1, -0.05) is 87.3 Å². The van der Waals surface area contributed by atoms with E-state index in [-0.39, 0.29) is 50.8 Å². The quantitative estimate of drug-likeness (QED) is 0.144. The number of Topliss-reactive ketones (excluding diaryl/α,β-unsaturated/α-hetero) is 1. The molecule has 1 amide bonds. The molecule has 1 fully saturated rings. The lowest BCUT2D eigenvalue weighted by Gasteiger charge is -2.61. The van der Waals surface area contributed by atoms with E-state index in [2.05, 4.69) is 66.8 Å². The number of carbonyl (C=O) groups excluding carboxylic acids is 3. The van der Waals surface area contributed by atoms with Crippen LogP contribution in [0.5, 0.6) is 0 Å². The van der Waals surface area contributed by atoms with Crippen LogP contribution in [0.2, 0.25) is 0 Å². The molecular formula is C39H64N2O4. The van der Waals surface area contributed by atoms with Gasteiger partial charge in [0.05, 0.1) is 12.2 Å². The van der Waals surface area contributed by atoms with Gasteiger partial charge in [0.2, 0.25) is 0 Å². The summed E-state index contributed by atoms with van der Waals surface area (Å²) in [5.41, 5.74) is -0.0892. The molecule has 1 N–H and O–H groups in total. The minimum absolute atomic E-state index is 0.00520. The predicted molar refractivity (Wildman–Crippen MR) is 183 cm³/mol. The third-order valence-corrected chi connectivity index (χ3v) is 12.1. The summed E-state index contributed by atoms with van der Waals surface area (Å²) in [5, 5.41) is 12.7. The molecule has 2 aliphatic rings. The smallest absolute Gasteiger partial charge is 0.407 e. The van der Waals surface area contributed by atoms with E-state index in [1.54, 1.807) is 6.92 Å². The second-order valence-electron chi connectivity index (χ2n) is 17.0. The lowest BCUT2D eigenvalue weighted by Crippen LogP contribution is -2.55. The minimum atomic E-state index is -0.685. The predicted octanol–water partition coefficient (Wildman–Crippen LogP) is 9.93. The number of nitrogens with one attached hydrogen (secondary N) is 1. The highest BCUT2D eigenvalue weighted by Gasteiger charge is 2.61. The lowest BCUT2D eigenvalue weighted by molar-refractivity contribution is -0.131. The Balaban J connectivity index is 2.44. The molecule has 6 nitrogen and oxygen atoms in total. The number of carbonyl (C=O) groups is 3. The molecule has 6 heteroatoms. The molecular weight excluding hydrogens is 560 g/mol. The highest BCUT2D eigenvalue weighted by atomic mass is 16.5. The van der Waals surface area contributed by atoms with Crippen LogP contribution in [0.3, 0.4) is 0 Å². The Morgan fingerprint density at radius 1 is 1.02 bits per heavy atom. The van der Waals surface area contributed by atoms with Crippen LogP contribution in [0.15, 0.2) is 23.3 Å². The normalized spacial score (nSPS) is 27.2.